The number of rotatable bonds is 2. The van der Waals surface area contributed by atoms with Crippen LogP contribution in [0.15, 0.2) is 30.3 Å². The molecule has 1 aromatic carbocycles. The van der Waals surface area contributed by atoms with Gasteiger partial charge in [0.1, 0.15) is 0 Å². The predicted molar refractivity (Wildman–Crippen MR) is 66.2 cm³/mol. The average molecular weight is 269 g/mol. The van der Waals surface area contributed by atoms with E-state index < -0.39 is 11.7 Å². The maximum Gasteiger partial charge on any atom is 0.416 e. The van der Waals surface area contributed by atoms with Crippen molar-refractivity contribution in [2.24, 2.45) is 0 Å². The molecule has 0 fully saturated rings. The number of nitrogens with zero attached hydrogens (tertiary/aromatic N) is 1. The molecule has 0 atom stereocenters. The summed E-state index contributed by atoms with van der Waals surface area (Å²) < 4.78 is 39.3. The normalized spacial score (nSPS) is 11.9. The number of alkyl halides is 3. The van der Waals surface area contributed by atoms with Crippen molar-refractivity contribution in [3.05, 3.63) is 52.8 Å². The van der Waals surface area contributed by atoms with Gasteiger partial charge in [-0.2, -0.15) is 13.2 Å². The van der Waals surface area contributed by atoms with E-state index in [2.05, 4.69) is 0 Å². The molecule has 0 aliphatic heterocycles. The van der Waals surface area contributed by atoms with Crippen LogP contribution in [0.1, 0.15) is 22.5 Å². The molecule has 2 rings (SSSR count). The van der Waals surface area contributed by atoms with Gasteiger partial charge in [0.25, 0.3) is 0 Å². The van der Waals surface area contributed by atoms with Crippen LogP contribution in [0.25, 0.3) is 5.69 Å². The number of aromatic nitrogens is 1. The Bertz CT molecular complexity index is 582. The lowest BCUT2D eigenvalue weighted by Gasteiger charge is -2.12. The van der Waals surface area contributed by atoms with Crippen molar-refractivity contribution in [3.63, 3.8) is 0 Å². The third-order valence-corrected chi connectivity index (χ3v) is 3.16. The van der Waals surface area contributed by atoms with Crippen molar-refractivity contribution in [2.75, 3.05) is 0 Å². The number of benzene rings is 1. The van der Waals surface area contributed by atoms with E-state index in [1.54, 1.807) is 0 Å². The molecular weight excluding hydrogens is 255 g/mol. The number of halogens is 3. The van der Waals surface area contributed by atoms with Crippen LogP contribution in [-0.2, 0) is 12.8 Å². The Kier molecular flexibility index (Phi) is 3.41. The topological polar surface area (TPSA) is 25.2 Å². The Morgan fingerprint density at radius 3 is 2.11 bits per heavy atom. The number of hydrogen-bond acceptors (Lipinski definition) is 1. The van der Waals surface area contributed by atoms with E-state index in [-0.39, 0.29) is 6.61 Å². The molecule has 0 spiro atoms. The first-order valence-electron chi connectivity index (χ1n) is 5.81. The Balaban J connectivity index is 2.46. The Morgan fingerprint density at radius 2 is 1.68 bits per heavy atom. The molecule has 19 heavy (non-hydrogen) atoms. The van der Waals surface area contributed by atoms with Gasteiger partial charge in [-0.05, 0) is 49.7 Å². The van der Waals surface area contributed by atoms with Gasteiger partial charge in [-0.25, -0.2) is 0 Å². The standard InChI is InChI=1S/C14H14F3NO/c1-9-7-11(8-19)10(2)18(9)13-5-3-12(4-6-13)14(15,16)17/h3-7,19H,8H2,1-2H3. The van der Waals surface area contributed by atoms with Crippen molar-refractivity contribution >= 4 is 0 Å². The fourth-order valence-electron chi connectivity index (χ4n) is 2.19. The van der Waals surface area contributed by atoms with E-state index in [9.17, 15) is 18.3 Å². The summed E-state index contributed by atoms with van der Waals surface area (Å²) in [5, 5.41) is 9.19. The molecule has 2 nitrogen and oxygen atoms in total. The Labute approximate surface area is 109 Å². The predicted octanol–water partition coefficient (Wildman–Crippen LogP) is 3.61. The molecule has 0 radical (unpaired) electrons. The SMILES string of the molecule is Cc1cc(CO)c(C)n1-c1ccc(C(F)(F)F)cc1. The molecule has 0 aliphatic rings. The van der Waals surface area contributed by atoms with Gasteiger partial charge in [-0.15, -0.1) is 0 Å². The summed E-state index contributed by atoms with van der Waals surface area (Å²) in [5.41, 5.74) is 2.47. The first-order chi connectivity index (χ1) is 8.84. The van der Waals surface area contributed by atoms with Crippen LogP contribution in [0.5, 0.6) is 0 Å². The quantitative estimate of drug-likeness (QED) is 0.885. The van der Waals surface area contributed by atoms with Gasteiger partial charge in [0.15, 0.2) is 0 Å². The van der Waals surface area contributed by atoms with Crippen molar-refractivity contribution in [1.82, 2.24) is 4.57 Å². The molecule has 0 saturated carbocycles. The minimum Gasteiger partial charge on any atom is -0.392 e. The summed E-state index contributed by atoms with van der Waals surface area (Å²) in [6.07, 6.45) is -4.32. The molecule has 1 aromatic heterocycles. The molecule has 1 N–H and O–H groups in total. The summed E-state index contributed by atoms with van der Waals surface area (Å²) in [7, 11) is 0. The second-order valence-electron chi connectivity index (χ2n) is 4.43. The van der Waals surface area contributed by atoms with Gasteiger partial charge in [-0.1, -0.05) is 0 Å². The van der Waals surface area contributed by atoms with Crippen LogP contribution in [-0.4, -0.2) is 9.67 Å². The second-order valence-corrected chi connectivity index (χ2v) is 4.43. The van der Waals surface area contributed by atoms with Gasteiger partial charge < -0.3 is 9.67 Å². The molecule has 2 aromatic rings. The summed E-state index contributed by atoms with van der Waals surface area (Å²) in [4.78, 5) is 0. The fraction of sp³-hybridized carbons (Fsp3) is 0.286. The highest BCUT2D eigenvalue weighted by Crippen LogP contribution is 2.30. The third-order valence-electron chi connectivity index (χ3n) is 3.16. The minimum absolute atomic E-state index is 0.0830. The summed E-state index contributed by atoms with van der Waals surface area (Å²) >= 11 is 0. The first-order valence-corrected chi connectivity index (χ1v) is 5.81. The van der Waals surface area contributed by atoms with Crippen LogP contribution < -0.4 is 0 Å². The van der Waals surface area contributed by atoms with Crippen molar-refractivity contribution < 1.29 is 18.3 Å². The molecular formula is C14H14F3NO. The molecule has 102 valence electrons. The third kappa shape index (κ3) is 2.51. The van der Waals surface area contributed by atoms with Gasteiger partial charge in [-0.3, -0.25) is 0 Å². The molecule has 0 unspecified atom stereocenters. The number of hydrogen-bond donors (Lipinski definition) is 1. The Morgan fingerprint density at radius 1 is 1.11 bits per heavy atom. The van der Waals surface area contributed by atoms with Crippen LogP contribution >= 0.6 is 0 Å². The Hall–Kier alpha value is -1.75. The van der Waals surface area contributed by atoms with Gasteiger partial charge in [0, 0.05) is 17.1 Å². The number of aliphatic hydroxyl groups excluding tert-OH is 1. The maximum atomic E-state index is 12.5. The first kappa shape index (κ1) is 13.7. The monoisotopic (exact) mass is 269 g/mol. The molecule has 5 heteroatoms. The number of aryl methyl sites for hydroxylation is 1. The zero-order valence-corrected chi connectivity index (χ0v) is 10.6. The van der Waals surface area contributed by atoms with Crippen molar-refractivity contribution in [3.8, 4) is 5.69 Å². The van der Waals surface area contributed by atoms with Crippen LogP contribution in [0.2, 0.25) is 0 Å². The van der Waals surface area contributed by atoms with Gasteiger partial charge >= 0.3 is 6.18 Å². The molecule has 0 aliphatic carbocycles. The fourth-order valence-corrected chi connectivity index (χ4v) is 2.19. The van der Waals surface area contributed by atoms with E-state index >= 15 is 0 Å². The lowest BCUT2D eigenvalue weighted by atomic mass is 10.2. The lowest BCUT2D eigenvalue weighted by molar-refractivity contribution is -0.137. The van der Waals surface area contributed by atoms with Crippen LogP contribution in [0.3, 0.4) is 0 Å². The zero-order chi connectivity index (χ0) is 14.2. The second kappa shape index (κ2) is 4.74. The largest absolute Gasteiger partial charge is 0.416 e. The van der Waals surface area contributed by atoms with E-state index in [0.29, 0.717) is 5.69 Å². The highest BCUT2D eigenvalue weighted by Gasteiger charge is 2.30. The van der Waals surface area contributed by atoms with E-state index in [0.717, 1.165) is 29.1 Å². The highest BCUT2D eigenvalue weighted by molar-refractivity contribution is 5.42. The zero-order valence-electron chi connectivity index (χ0n) is 10.6. The maximum absolute atomic E-state index is 12.5. The van der Waals surface area contributed by atoms with E-state index in [1.807, 2.05) is 24.5 Å². The molecule has 1 heterocycles. The minimum atomic E-state index is -4.32. The van der Waals surface area contributed by atoms with Gasteiger partial charge in [0.05, 0.1) is 12.2 Å². The lowest BCUT2D eigenvalue weighted by Crippen LogP contribution is -2.06. The van der Waals surface area contributed by atoms with E-state index in [1.165, 1.54) is 12.1 Å². The van der Waals surface area contributed by atoms with Crippen molar-refractivity contribution in [1.29, 1.82) is 0 Å². The van der Waals surface area contributed by atoms with Crippen molar-refractivity contribution in [2.45, 2.75) is 26.6 Å². The molecule has 0 amide bonds. The highest BCUT2D eigenvalue weighted by atomic mass is 19.4. The summed E-state index contributed by atoms with van der Waals surface area (Å²) in [6, 6.07) is 6.82. The summed E-state index contributed by atoms with van der Waals surface area (Å²) in [6.45, 7) is 3.60. The summed E-state index contributed by atoms with van der Waals surface area (Å²) in [5.74, 6) is 0. The average Bonchev–Trinajstić information content (AvgIpc) is 2.63. The van der Waals surface area contributed by atoms with Crippen LogP contribution in [0, 0.1) is 13.8 Å². The van der Waals surface area contributed by atoms with Crippen LogP contribution in [0.4, 0.5) is 13.2 Å². The molecule has 0 saturated heterocycles. The van der Waals surface area contributed by atoms with E-state index in [4.69, 9.17) is 0 Å². The van der Waals surface area contributed by atoms with Gasteiger partial charge in [0.2, 0.25) is 0 Å². The molecule has 0 bridgehead atoms. The smallest absolute Gasteiger partial charge is 0.392 e. The number of aliphatic hydroxyl groups is 1.